The molecule has 1 atom stereocenters. The molecule has 5 heteroatoms. The Morgan fingerprint density at radius 1 is 1.18 bits per heavy atom. The van der Waals surface area contributed by atoms with Gasteiger partial charge in [-0.1, -0.05) is 0 Å². The highest BCUT2D eigenvalue weighted by Crippen LogP contribution is 2.33. The monoisotopic (exact) mass is 276 g/mol. The van der Waals surface area contributed by atoms with Crippen LogP contribution < -0.4 is 0 Å². The van der Waals surface area contributed by atoms with E-state index in [9.17, 15) is 8.78 Å². The number of halogens is 4. The van der Waals surface area contributed by atoms with Gasteiger partial charge in [-0.05, 0) is 42.3 Å². The highest BCUT2D eigenvalue weighted by atomic mass is 35.5. The van der Waals surface area contributed by atoms with E-state index < -0.39 is 17.0 Å². The van der Waals surface area contributed by atoms with Crippen LogP contribution in [0.4, 0.5) is 8.78 Å². The molecule has 0 N–H and O–H groups in total. The first-order valence-corrected chi connectivity index (χ1v) is 5.65. The van der Waals surface area contributed by atoms with Crippen molar-refractivity contribution in [3.8, 4) is 0 Å². The molecular weight excluding hydrogens is 269 g/mol. The molecule has 90 valence electrons. The molecule has 1 unspecified atom stereocenters. The van der Waals surface area contributed by atoms with Gasteiger partial charge in [0.15, 0.2) is 5.22 Å². The van der Waals surface area contributed by atoms with E-state index in [4.69, 9.17) is 27.6 Å². The maximum absolute atomic E-state index is 13.6. The lowest BCUT2D eigenvalue weighted by Gasteiger charge is -2.09. The van der Waals surface area contributed by atoms with Crippen molar-refractivity contribution in [1.82, 2.24) is 0 Å². The normalized spacial score (nSPS) is 12.8. The second-order valence-electron chi connectivity index (χ2n) is 3.63. The van der Waals surface area contributed by atoms with Crippen molar-refractivity contribution in [2.75, 3.05) is 0 Å². The summed E-state index contributed by atoms with van der Waals surface area (Å²) in [4.78, 5) is 0. The smallest absolute Gasteiger partial charge is 0.193 e. The Kier molecular flexibility index (Phi) is 3.40. The average Bonchev–Trinajstić information content (AvgIpc) is 2.69. The largest absolute Gasteiger partial charge is 0.448 e. The van der Waals surface area contributed by atoms with Crippen LogP contribution in [0.2, 0.25) is 5.22 Å². The number of hydrogen-bond donors (Lipinski definition) is 0. The Hall–Kier alpha value is -1.06. The van der Waals surface area contributed by atoms with Gasteiger partial charge in [-0.15, -0.1) is 11.6 Å². The van der Waals surface area contributed by atoms with Crippen LogP contribution in [0.3, 0.4) is 0 Å². The van der Waals surface area contributed by atoms with Gasteiger partial charge < -0.3 is 4.42 Å². The zero-order valence-corrected chi connectivity index (χ0v) is 10.3. The van der Waals surface area contributed by atoms with Crippen LogP contribution in [0.25, 0.3) is 0 Å². The molecule has 2 aromatic rings. The molecule has 1 nitrogen and oxygen atoms in total. The number of aryl methyl sites for hydroxylation is 1. The van der Waals surface area contributed by atoms with E-state index in [0.717, 1.165) is 6.07 Å². The zero-order valence-electron chi connectivity index (χ0n) is 8.81. The molecule has 1 heterocycles. The number of furan rings is 1. The first-order valence-electron chi connectivity index (χ1n) is 4.84. The van der Waals surface area contributed by atoms with Gasteiger partial charge in [-0.2, -0.15) is 0 Å². The van der Waals surface area contributed by atoms with Crippen LogP contribution in [0.1, 0.15) is 22.3 Å². The summed E-state index contributed by atoms with van der Waals surface area (Å²) in [6.45, 7) is 1.54. The lowest BCUT2D eigenvalue weighted by Crippen LogP contribution is -1.98. The molecule has 1 aromatic heterocycles. The van der Waals surface area contributed by atoms with Gasteiger partial charge in [-0.3, -0.25) is 0 Å². The van der Waals surface area contributed by atoms with Crippen molar-refractivity contribution < 1.29 is 13.2 Å². The molecule has 0 radical (unpaired) electrons. The van der Waals surface area contributed by atoms with E-state index in [-0.39, 0.29) is 10.8 Å². The minimum atomic E-state index is -0.832. The molecule has 0 bridgehead atoms. The molecule has 0 amide bonds. The fraction of sp³-hybridized carbons (Fsp3) is 0.167. The third kappa shape index (κ3) is 2.45. The summed E-state index contributed by atoms with van der Waals surface area (Å²) in [5, 5.41) is -0.660. The summed E-state index contributed by atoms with van der Waals surface area (Å²) in [5.74, 6) is -0.991. The molecule has 0 aliphatic rings. The molecular formula is C12H8Cl2F2O. The number of hydrogen-bond acceptors (Lipinski definition) is 1. The summed E-state index contributed by atoms with van der Waals surface area (Å²) in [6, 6.07) is 5.24. The fourth-order valence-corrected chi connectivity index (χ4v) is 1.93. The number of benzene rings is 1. The van der Waals surface area contributed by atoms with E-state index in [1.165, 1.54) is 19.1 Å². The van der Waals surface area contributed by atoms with Crippen LogP contribution in [-0.2, 0) is 0 Å². The Labute approximate surface area is 107 Å². The van der Waals surface area contributed by atoms with Gasteiger partial charge in [-0.25, -0.2) is 8.78 Å². The summed E-state index contributed by atoms with van der Waals surface area (Å²) in [6.07, 6.45) is 0. The van der Waals surface area contributed by atoms with E-state index >= 15 is 0 Å². The molecule has 0 fully saturated rings. The number of rotatable bonds is 2. The topological polar surface area (TPSA) is 13.1 Å². The molecule has 0 aliphatic carbocycles. The maximum atomic E-state index is 13.6. The van der Waals surface area contributed by atoms with Gasteiger partial charge in [0.05, 0.1) is 0 Å². The zero-order chi connectivity index (χ0) is 12.6. The molecule has 17 heavy (non-hydrogen) atoms. The summed E-state index contributed by atoms with van der Waals surface area (Å²) in [7, 11) is 0. The SMILES string of the molecule is Cc1cc(C(Cl)c2ccc(Cl)o2)c(F)cc1F. The van der Waals surface area contributed by atoms with Crippen LogP contribution in [0.15, 0.2) is 28.7 Å². The average molecular weight is 277 g/mol. The second-order valence-corrected chi connectivity index (χ2v) is 4.44. The van der Waals surface area contributed by atoms with E-state index in [2.05, 4.69) is 0 Å². The van der Waals surface area contributed by atoms with Crippen molar-refractivity contribution in [2.24, 2.45) is 0 Å². The van der Waals surface area contributed by atoms with Gasteiger partial charge >= 0.3 is 0 Å². The van der Waals surface area contributed by atoms with Crippen molar-refractivity contribution in [3.05, 3.63) is 58.0 Å². The Morgan fingerprint density at radius 3 is 2.47 bits per heavy atom. The first kappa shape index (κ1) is 12.4. The molecule has 1 aromatic carbocycles. The van der Waals surface area contributed by atoms with Crippen LogP contribution in [0, 0.1) is 18.6 Å². The predicted molar refractivity (Wildman–Crippen MR) is 62.5 cm³/mol. The fourth-order valence-electron chi connectivity index (χ4n) is 1.49. The summed E-state index contributed by atoms with van der Waals surface area (Å²) >= 11 is 11.7. The molecule has 0 saturated heterocycles. The molecule has 2 rings (SSSR count). The lowest BCUT2D eigenvalue weighted by atomic mass is 10.1. The standard InChI is InChI=1S/C12H8Cl2F2O/c1-6-4-7(9(16)5-8(6)15)12(14)10-2-3-11(13)17-10/h2-5,12H,1H3. The molecule has 0 aliphatic heterocycles. The van der Waals surface area contributed by atoms with E-state index in [0.29, 0.717) is 11.3 Å². The first-order chi connectivity index (χ1) is 7.99. The van der Waals surface area contributed by atoms with Gasteiger partial charge in [0.1, 0.15) is 22.8 Å². The summed E-state index contributed by atoms with van der Waals surface area (Å²) in [5.41, 5.74) is 0.487. The Morgan fingerprint density at radius 2 is 1.88 bits per heavy atom. The Bertz CT molecular complexity index is 551. The van der Waals surface area contributed by atoms with Crippen molar-refractivity contribution >= 4 is 23.2 Å². The maximum Gasteiger partial charge on any atom is 0.193 e. The predicted octanol–water partition coefficient (Wildman–Crippen LogP) is 4.85. The third-order valence-electron chi connectivity index (χ3n) is 2.39. The molecule has 0 spiro atoms. The number of alkyl halides is 1. The third-order valence-corrected chi connectivity index (χ3v) is 3.05. The van der Waals surface area contributed by atoms with Crippen LogP contribution in [-0.4, -0.2) is 0 Å². The highest BCUT2D eigenvalue weighted by Gasteiger charge is 2.20. The lowest BCUT2D eigenvalue weighted by molar-refractivity contribution is 0.508. The van der Waals surface area contributed by atoms with Crippen molar-refractivity contribution in [3.63, 3.8) is 0 Å². The minimum absolute atomic E-state index is 0.164. The van der Waals surface area contributed by atoms with Gasteiger partial charge in [0, 0.05) is 11.6 Å². The molecule has 0 saturated carbocycles. The van der Waals surface area contributed by atoms with Crippen LogP contribution in [0.5, 0.6) is 0 Å². The van der Waals surface area contributed by atoms with Crippen molar-refractivity contribution in [2.45, 2.75) is 12.3 Å². The quantitative estimate of drug-likeness (QED) is 0.715. The van der Waals surface area contributed by atoms with Gasteiger partial charge in [0.2, 0.25) is 0 Å². The Balaban J connectivity index is 2.43. The van der Waals surface area contributed by atoms with E-state index in [1.807, 2.05) is 0 Å². The van der Waals surface area contributed by atoms with E-state index in [1.54, 1.807) is 6.07 Å². The highest BCUT2D eigenvalue weighted by molar-refractivity contribution is 6.29. The summed E-state index contributed by atoms with van der Waals surface area (Å²) < 4.78 is 31.8. The minimum Gasteiger partial charge on any atom is -0.448 e. The van der Waals surface area contributed by atoms with Crippen molar-refractivity contribution in [1.29, 1.82) is 0 Å². The van der Waals surface area contributed by atoms with Gasteiger partial charge in [0.25, 0.3) is 0 Å². The second kappa shape index (κ2) is 4.67. The van der Waals surface area contributed by atoms with Crippen LogP contribution >= 0.6 is 23.2 Å².